The van der Waals surface area contributed by atoms with E-state index in [4.69, 9.17) is 9.47 Å². The highest BCUT2D eigenvalue weighted by Crippen LogP contribution is 2.40. The lowest BCUT2D eigenvalue weighted by Gasteiger charge is -2.20. The van der Waals surface area contributed by atoms with E-state index in [1.54, 1.807) is 20.3 Å². The normalized spacial score (nSPS) is 11.9. The van der Waals surface area contributed by atoms with Crippen LogP contribution in [0.4, 0.5) is 0 Å². The minimum atomic E-state index is -0.392. The summed E-state index contributed by atoms with van der Waals surface area (Å²) in [6.07, 6.45) is 2.98. The van der Waals surface area contributed by atoms with Crippen LogP contribution >= 0.6 is 0 Å². The number of nitrogens with zero attached hydrogens (tertiary/aromatic N) is 2. The fraction of sp³-hybridized carbons (Fsp3) is 0.538. The predicted molar refractivity (Wildman–Crippen MR) is 135 cm³/mol. The molecule has 0 aliphatic heterocycles. The average molecular weight is 487 g/mol. The predicted octanol–water partition coefficient (Wildman–Crippen LogP) is 3.78. The van der Waals surface area contributed by atoms with Crippen LogP contribution in [0, 0.1) is 5.92 Å². The summed E-state index contributed by atoms with van der Waals surface area (Å²) in [5, 5.41) is 10.2. The van der Waals surface area contributed by atoms with Crippen molar-refractivity contribution < 1.29 is 23.9 Å². The van der Waals surface area contributed by atoms with Gasteiger partial charge in [0.05, 0.1) is 38.1 Å². The maximum Gasteiger partial charge on any atom is 0.272 e. The van der Waals surface area contributed by atoms with Crippen LogP contribution in [0.3, 0.4) is 0 Å². The summed E-state index contributed by atoms with van der Waals surface area (Å²) < 4.78 is 13.1. The van der Waals surface area contributed by atoms with Crippen LogP contribution in [0.25, 0.3) is 11.3 Å². The van der Waals surface area contributed by atoms with E-state index in [-0.39, 0.29) is 42.4 Å². The summed E-state index contributed by atoms with van der Waals surface area (Å²) in [7, 11) is 3.19. The number of carbonyl (C=O) groups excluding carboxylic acids is 3. The van der Waals surface area contributed by atoms with E-state index in [0.29, 0.717) is 24.2 Å². The zero-order chi connectivity index (χ0) is 26.0. The smallest absolute Gasteiger partial charge is 0.272 e. The van der Waals surface area contributed by atoms with Gasteiger partial charge in [-0.25, -0.2) is 0 Å². The molecule has 0 aliphatic rings. The van der Waals surface area contributed by atoms with Gasteiger partial charge in [-0.05, 0) is 43.4 Å². The first-order valence-electron chi connectivity index (χ1n) is 12.1. The minimum Gasteiger partial charge on any atom is -0.496 e. The number of carbonyl (C=O) groups is 3. The molecule has 1 heterocycles. The molecule has 0 fully saturated rings. The number of rotatable bonds is 14. The highest BCUT2D eigenvalue weighted by Gasteiger charge is 2.26. The van der Waals surface area contributed by atoms with Gasteiger partial charge in [0.25, 0.3) is 5.91 Å². The first-order valence-corrected chi connectivity index (χ1v) is 12.1. The summed E-state index contributed by atoms with van der Waals surface area (Å²) in [5.41, 5.74) is 1.70. The molecule has 0 saturated carbocycles. The molecule has 35 heavy (non-hydrogen) atoms. The Morgan fingerprint density at radius 2 is 1.74 bits per heavy atom. The third-order valence-corrected chi connectivity index (χ3v) is 5.85. The van der Waals surface area contributed by atoms with E-state index in [0.717, 1.165) is 24.1 Å². The first kappa shape index (κ1) is 27.9. The van der Waals surface area contributed by atoms with Crippen LogP contribution in [0.5, 0.6) is 11.5 Å². The molecule has 1 aromatic carbocycles. The first-order chi connectivity index (χ1) is 16.8. The average Bonchev–Trinajstić information content (AvgIpc) is 3.27. The van der Waals surface area contributed by atoms with Gasteiger partial charge in [-0.3, -0.25) is 14.3 Å². The number of methoxy groups -OCH3 is 2. The monoisotopic (exact) mass is 486 g/mol. The number of hydrogen-bond donors (Lipinski definition) is 2. The Labute approximate surface area is 207 Å². The Hall–Kier alpha value is -3.36. The third-order valence-electron chi connectivity index (χ3n) is 5.85. The van der Waals surface area contributed by atoms with E-state index < -0.39 is 6.04 Å². The van der Waals surface area contributed by atoms with Gasteiger partial charge < -0.3 is 24.9 Å². The van der Waals surface area contributed by atoms with Crippen molar-refractivity contribution in [3.05, 3.63) is 30.0 Å². The van der Waals surface area contributed by atoms with Gasteiger partial charge in [0.15, 0.2) is 5.69 Å². The summed E-state index contributed by atoms with van der Waals surface area (Å²) >= 11 is 0. The molecule has 192 valence electrons. The molecule has 0 spiro atoms. The van der Waals surface area contributed by atoms with Crippen molar-refractivity contribution in [2.24, 2.45) is 5.92 Å². The SMILES string of the molecule is CCC(CC)n1nc(C(=O)NC(CC(=O)NCC=O)CC(C)C)cc1-c1c(OC)cccc1OC. The Morgan fingerprint density at radius 3 is 2.26 bits per heavy atom. The molecule has 0 saturated heterocycles. The molecular formula is C26H38N4O5. The molecule has 2 N–H and O–H groups in total. The van der Waals surface area contributed by atoms with Crippen LogP contribution in [-0.2, 0) is 9.59 Å². The molecule has 9 heteroatoms. The van der Waals surface area contributed by atoms with Gasteiger partial charge >= 0.3 is 0 Å². The molecule has 1 unspecified atom stereocenters. The number of aromatic nitrogens is 2. The Bertz CT molecular complexity index is 975. The van der Waals surface area contributed by atoms with Crippen LogP contribution in [0.2, 0.25) is 0 Å². The molecule has 2 aromatic rings. The van der Waals surface area contributed by atoms with Crippen molar-refractivity contribution in [1.82, 2.24) is 20.4 Å². The topological polar surface area (TPSA) is 112 Å². The van der Waals surface area contributed by atoms with Crippen molar-refractivity contribution in [3.63, 3.8) is 0 Å². The Morgan fingerprint density at radius 1 is 1.11 bits per heavy atom. The molecule has 0 bridgehead atoms. The van der Waals surface area contributed by atoms with Gasteiger partial charge in [0.2, 0.25) is 5.91 Å². The maximum atomic E-state index is 13.3. The van der Waals surface area contributed by atoms with Crippen LogP contribution in [0.15, 0.2) is 24.3 Å². The molecule has 1 atom stereocenters. The molecule has 9 nitrogen and oxygen atoms in total. The summed E-state index contributed by atoms with van der Waals surface area (Å²) in [5.74, 6) is 0.847. The number of nitrogens with one attached hydrogen (secondary N) is 2. The van der Waals surface area contributed by atoms with Crippen LogP contribution in [-0.4, -0.2) is 54.7 Å². The van der Waals surface area contributed by atoms with E-state index in [2.05, 4.69) is 29.6 Å². The Balaban J connectivity index is 2.46. The lowest BCUT2D eigenvalue weighted by molar-refractivity contribution is -0.122. The number of ether oxygens (including phenoxy) is 2. The van der Waals surface area contributed by atoms with E-state index in [9.17, 15) is 14.4 Å². The van der Waals surface area contributed by atoms with Crippen molar-refractivity contribution in [2.45, 2.75) is 65.5 Å². The largest absolute Gasteiger partial charge is 0.496 e. The van der Waals surface area contributed by atoms with E-state index >= 15 is 0 Å². The summed E-state index contributed by atoms with van der Waals surface area (Å²) in [6.45, 7) is 8.16. The number of hydrogen-bond acceptors (Lipinski definition) is 6. The van der Waals surface area contributed by atoms with Crippen molar-refractivity contribution >= 4 is 18.1 Å². The van der Waals surface area contributed by atoms with E-state index in [1.165, 1.54) is 0 Å². The lowest BCUT2D eigenvalue weighted by Crippen LogP contribution is -2.40. The summed E-state index contributed by atoms with van der Waals surface area (Å²) in [4.78, 5) is 36.1. The highest BCUT2D eigenvalue weighted by molar-refractivity contribution is 5.94. The lowest BCUT2D eigenvalue weighted by atomic mass is 10.0. The second-order valence-corrected chi connectivity index (χ2v) is 8.84. The van der Waals surface area contributed by atoms with Crippen molar-refractivity contribution in [3.8, 4) is 22.8 Å². The third kappa shape index (κ3) is 7.31. The maximum absolute atomic E-state index is 13.3. The quantitative estimate of drug-likeness (QED) is 0.393. The Kier molecular flexibility index (Phi) is 10.8. The molecule has 1 aromatic heterocycles. The number of aldehydes is 1. The van der Waals surface area contributed by atoms with Gasteiger partial charge in [-0.15, -0.1) is 0 Å². The molecule has 0 radical (unpaired) electrons. The number of amides is 2. The minimum absolute atomic E-state index is 0.0505. The van der Waals surface area contributed by atoms with Crippen molar-refractivity contribution in [1.29, 1.82) is 0 Å². The van der Waals surface area contributed by atoms with Crippen LogP contribution in [0.1, 0.15) is 69.9 Å². The van der Waals surface area contributed by atoms with Gasteiger partial charge in [-0.2, -0.15) is 5.10 Å². The zero-order valence-electron chi connectivity index (χ0n) is 21.6. The van der Waals surface area contributed by atoms with Crippen molar-refractivity contribution in [2.75, 3.05) is 20.8 Å². The second kappa shape index (κ2) is 13.5. The highest BCUT2D eigenvalue weighted by atomic mass is 16.5. The van der Waals surface area contributed by atoms with Crippen LogP contribution < -0.4 is 20.1 Å². The van der Waals surface area contributed by atoms with Gasteiger partial charge in [0.1, 0.15) is 17.8 Å². The van der Waals surface area contributed by atoms with Gasteiger partial charge in [-0.1, -0.05) is 33.8 Å². The zero-order valence-corrected chi connectivity index (χ0v) is 21.6. The fourth-order valence-electron chi connectivity index (χ4n) is 4.18. The van der Waals surface area contributed by atoms with Gasteiger partial charge in [0, 0.05) is 12.5 Å². The standard InChI is InChI=1S/C26H38N4O5/c1-7-19(8-2)30-21(25-22(34-5)10-9-11-23(25)35-6)16-20(29-30)26(33)28-18(14-17(3)4)15-24(32)27-12-13-31/h9-11,13,16-19H,7-8,12,14-15H2,1-6H3,(H,27,32)(H,28,33). The molecular weight excluding hydrogens is 448 g/mol. The molecule has 2 rings (SSSR count). The number of benzene rings is 1. The molecule has 2 amide bonds. The van der Waals surface area contributed by atoms with E-state index in [1.807, 2.05) is 36.7 Å². The molecule has 0 aliphatic carbocycles. The summed E-state index contributed by atoms with van der Waals surface area (Å²) in [6, 6.07) is 6.96. The fourth-order valence-corrected chi connectivity index (χ4v) is 4.18. The second-order valence-electron chi connectivity index (χ2n) is 8.84.